The fourth-order valence-electron chi connectivity index (χ4n) is 1.19. The molecule has 0 atom stereocenters. The van der Waals surface area contributed by atoms with Gasteiger partial charge in [0.25, 0.3) is 0 Å². The summed E-state index contributed by atoms with van der Waals surface area (Å²) < 4.78 is 7.19. The van der Waals surface area contributed by atoms with Gasteiger partial charge in [0, 0.05) is 12.1 Å². The highest BCUT2D eigenvalue weighted by molar-refractivity contribution is 5.66. The smallest absolute Gasteiger partial charge is 0.169 e. The lowest BCUT2D eigenvalue weighted by Gasteiger charge is -1.89. The maximum Gasteiger partial charge on any atom is 0.169 e. The molecule has 0 aromatic carbocycles. The van der Waals surface area contributed by atoms with Gasteiger partial charge in [-0.25, -0.2) is 4.57 Å². The van der Waals surface area contributed by atoms with Crippen molar-refractivity contribution in [1.29, 1.82) is 0 Å². The molecule has 16 heavy (non-hydrogen) atoms. The van der Waals surface area contributed by atoms with Crippen LogP contribution in [-0.2, 0) is 7.05 Å². The van der Waals surface area contributed by atoms with Crippen molar-refractivity contribution in [2.45, 2.75) is 13.8 Å². The van der Waals surface area contributed by atoms with Crippen LogP contribution in [-0.4, -0.2) is 0 Å². The highest BCUT2D eigenvalue weighted by atomic mass is 16.3. The Balaban J connectivity index is 0.000000606. The maximum absolute atomic E-state index is 5.19. The van der Waals surface area contributed by atoms with E-state index in [1.54, 1.807) is 6.26 Å². The zero-order valence-electron chi connectivity index (χ0n) is 10.1. The van der Waals surface area contributed by atoms with Crippen LogP contribution in [0.25, 0.3) is 12.2 Å². The SMILES string of the molecule is CC.C[n+]1ccc(/C=C/c2ccco2)cc1. The number of nitrogens with zero attached hydrogens (tertiary/aromatic N) is 1. The maximum atomic E-state index is 5.19. The van der Waals surface area contributed by atoms with Crippen molar-refractivity contribution in [1.82, 2.24) is 0 Å². The number of rotatable bonds is 2. The van der Waals surface area contributed by atoms with E-state index in [9.17, 15) is 0 Å². The molecule has 0 radical (unpaired) electrons. The molecule has 0 amide bonds. The van der Waals surface area contributed by atoms with Crippen molar-refractivity contribution < 1.29 is 8.98 Å². The molecule has 2 rings (SSSR count). The molecule has 2 heterocycles. The van der Waals surface area contributed by atoms with Gasteiger partial charge in [0.1, 0.15) is 12.8 Å². The second-order valence-electron chi connectivity index (χ2n) is 3.15. The molecule has 0 aliphatic carbocycles. The standard InChI is InChI=1S/C12H12NO.C2H6/c1-13-8-6-11(7-9-13)4-5-12-3-2-10-14-12;1-2/h2-10H,1H3;1-2H3/q+1;/b5-4+;. The molecule has 2 heteroatoms. The highest BCUT2D eigenvalue weighted by Gasteiger charge is 1.92. The van der Waals surface area contributed by atoms with Crippen LogP contribution in [0.3, 0.4) is 0 Å². The number of furan rings is 1. The Morgan fingerprint density at radius 2 is 1.75 bits per heavy atom. The van der Waals surface area contributed by atoms with Gasteiger partial charge in [-0.05, 0) is 23.8 Å². The first-order valence-electron chi connectivity index (χ1n) is 5.51. The lowest BCUT2D eigenvalue weighted by atomic mass is 10.2. The predicted octanol–water partition coefficient (Wildman–Crippen LogP) is 3.30. The molecule has 2 nitrogen and oxygen atoms in total. The van der Waals surface area contributed by atoms with Gasteiger partial charge in [-0.1, -0.05) is 19.9 Å². The van der Waals surface area contributed by atoms with E-state index in [1.807, 2.05) is 62.1 Å². The van der Waals surface area contributed by atoms with E-state index in [0.717, 1.165) is 5.76 Å². The van der Waals surface area contributed by atoms with Crippen LogP contribution in [0.15, 0.2) is 47.3 Å². The van der Waals surface area contributed by atoms with Crippen LogP contribution in [0.5, 0.6) is 0 Å². The monoisotopic (exact) mass is 216 g/mol. The summed E-state index contributed by atoms with van der Waals surface area (Å²) in [6, 6.07) is 7.92. The van der Waals surface area contributed by atoms with Crippen LogP contribution < -0.4 is 4.57 Å². The van der Waals surface area contributed by atoms with Crippen molar-refractivity contribution in [3.63, 3.8) is 0 Å². The zero-order chi connectivity index (χ0) is 11.8. The number of pyridine rings is 1. The Morgan fingerprint density at radius 1 is 1.06 bits per heavy atom. The minimum atomic E-state index is 0.873. The van der Waals surface area contributed by atoms with E-state index < -0.39 is 0 Å². The van der Waals surface area contributed by atoms with Crippen molar-refractivity contribution in [3.8, 4) is 0 Å². The van der Waals surface area contributed by atoms with Crippen LogP contribution in [0, 0.1) is 0 Å². The van der Waals surface area contributed by atoms with E-state index in [4.69, 9.17) is 4.42 Å². The summed E-state index contributed by atoms with van der Waals surface area (Å²) in [7, 11) is 2.00. The van der Waals surface area contributed by atoms with Gasteiger partial charge in [-0.15, -0.1) is 0 Å². The van der Waals surface area contributed by atoms with Gasteiger partial charge >= 0.3 is 0 Å². The molecule has 2 aromatic heterocycles. The largest absolute Gasteiger partial charge is 0.465 e. The number of aromatic nitrogens is 1. The Morgan fingerprint density at radius 3 is 2.31 bits per heavy atom. The topological polar surface area (TPSA) is 17.0 Å². The molecule has 0 saturated carbocycles. The van der Waals surface area contributed by atoms with Crippen molar-refractivity contribution in [2.24, 2.45) is 7.05 Å². The molecule has 84 valence electrons. The van der Waals surface area contributed by atoms with E-state index in [0.29, 0.717) is 0 Å². The first-order valence-corrected chi connectivity index (χ1v) is 5.51. The van der Waals surface area contributed by atoms with E-state index >= 15 is 0 Å². The summed E-state index contributed by atoms with van der Waals surface area (Å²) in [6.07, 6.45) is 9.68. The molecular formula is C14H18NO+. The first kappa shape index (κ1) is 12.2. The first-order chi connectivity index (χ1) is 7.84. The molecule has 0 N–H and O–H groups in total. The fraction of sp³-hybridized carbons (Fsp3) is 0.214. The lowest BCUT2D eigenvalue weighted by molar-refractivity contribution is -0.671. The van der Waals surface area contributed by atoms with Crippen molar-refractivity contribution in [2.75, 3.05) is 0 Å². The molecule has 0 fully saturated rings. The third-order valence-corrected chi connectivity index (χ3v) is 1.99. The number of hydrogen-bond acceptors (Lipinski definition) is 1. The second kappa shape index (κ2) is 6.62. The summed E-state index contributed by atoms with van der Waals surface area (Å²) in [4.78, 5) is 0. The number of hydrogen-bond donors (Lipinski definition) is 0. The molecule has 0 bridgehead atoms. The average Bonchev–Trinajstić information content (AvgIpc) is 2.84. The average molecular weight is 216 g/mol. The highest BCUT2D eigenvalue weighted by Crippen LogP contribution is 2.06. The van der Waals surface area contributed by atoms with Gasteiger partial charge in [0.05, 0.1) is 6.26 Å². The molecule has 0 saturated heterocycles. The lowest BCUT2D eigenvalue weighted by Crippen LogP contribution is -2.25. The van der Waals surface area contributed by atoms with Crippen LogP contribution in [0.2, 0.25) is 0 Å². The molecule has 0 aliphatic heterocycles. The van der Waals surface area contributed by atoms with Crippen molar-refractivity contribution in [3.05, 3.63) is 54.2 Å². The van der Waals surface area contributed by atoms with Gasteiger partial charge in [0.15, 0.2) is 12.4 Å². The zero-order valence-corrected chi connectivity index (χ0v) is 10.1. The van der Waals surface area contributed by atoms with Crippen LogP contribution in [0.1, 0.15) is 25.2 Å². The molecule has 2 aromatic rings. The minimum absolute atomic E-state index is 0.873. The van der Waals surface area contributed by atoms with Crippen molar-refractivity contribution >= 4 is 12.2 Å². The van der Waals surface area contributed by atoms with Crippen LogP contribution >= 0.6 is 0 Å². The Labute approximate surface area is 96.9 Å². The minimum Gasteiger partial charge on any atom is -0.465 e. The van der Waals surface area contributed by atoms with Gasteiger partial charge < -0.3 is 4.42 Å². The molecular weight excluding hydrogens is 198 g/mol. The summed E-state index contributed by atoms with van der Waals surface area (Å²) >= 11 is 0. The van der Waals surface area contributed by atoms with Gasteiger partial charge in [-0.3, -0.25) is 0 Å². The quantitative estimate of drug-likeness (QED) is 0.704. The Bertz CT molecular complexity index is 413. The summed E-state index contributed by atoms with van der Waals surface area (Å²) in [5.41, 5.74) is 1.17. The normalized spacial score (nSPS) is 9.94. The second-order valence-corrected chi connectivity index (χ2v) is 3.15. The van der Waals surface area contributed by atoms with Gasteiger partial charge in [0.2, 0.25) is 0 Å². The fourth-order valence-corrected chi connectivity index (χ4v) is 1.19. The molecule has 0 spiro atoms. The number of aryl methyl sites for hydroxylation is 1. The Hall–Kier alpha value is -1.83. The summed E-state index contributed by atoms with van der Waals surface area (Å²) in [5, 5.41) is 0. The van der Waals surface area contributed by atoms with E-state index in [-0.39, 0.29) is 0 Å². The predicted molar refractivity (Wildman–Crippen MR) is 66.6 cm³/mol. The van der Waals surface area contributed by atoms with Gasteiger partial charge in [-0.2, -0.15) is 0 Å². The summed E-state index contributed by atoms with van der Waals surface area (Å²) in [5.74, 6) is 0.873. The molecule has 0 unspecified atom stereocenters. The molecule has 0 aliphatic rings. The van der Waals surface area contributed by atoms with Crippen LogP contribution in [0.4, 0.5) is 0 Å². The Kier molecular flexibility index (Phi) is 5.06. The van der Waals surface area contributed by atoms with E-state index in [1.165, 1.54) is 5.56 Å². The third-order valence-electron chi connectivity index (χ3n) is 1.99. The summed E-state index contributed by atoms with van der Waals surface area (Å²) in [6.45, 7) is 4.00. The van der Waals surface area contributed by atoms with E-state index in [2.05, 4.69) is 12.1 Å². The third kappa shape index (κ3) is 3.73.